The van der Waals surface area contributed by atoms with Gasteiger partial charge in [-0.25, -0.2) is 4.85 Å². The van der Waals surface area contributed by atoms with Crippen molar-refractivity contribution < 1.29 is 27.6 Å². The number of ketones is 2. The lowest BCUT2D eigenvalue weighted by Crippen LogP contribution is -2.65. The van der Waals surface area contributed by atoms with Gasteiger partial charge in [-0.15, -0.1) is 0 Å². The van der Waals surface area contributed by atoms with E-state index in [9.17, 15) is 27.6 Å². The molecule has 0 aromatic rings. The van der Waals surface area contributed by atoms with E-state index in [1.54, 1.807) is 6.08 Å². The predicted octanol–water partition coefficient (Wildman–Crippen LogP) is 7.09. The van der Waals surface area contributed by atoms with Gasteiger partial charge in [0.2, 0.25) is 11.6 Å². The van der Waals surface area contributed by atoms with Crippen molar-refractivity contribution in [3.63, 3.8) is 0 Å². The number of carbonyl (C=O) groups excluding carboxylic acids is 3. The van der Waals surface area contributed by atoms with Crippen LogP contribution >= 0.6 is 0 Å². The Kier molecular flexibility index (Phi) is 6.62. The molecule has 1 amide bonds. The molecule has 3 unspecified atom stereocenters. The standard InChI is InChI=1S/C33H43F3N2O3/c1-28(2)11-9-18-19(14-28)25-22(39)13-24-30(5)16-21(37-8)26(40)29(3,4)23(30)10-12-31(24,6)32(25,7)15-20(18)27(41)38-17-33(34,35)36/h13,16,18-20,23,25H,9-12,14-15,17H2,1-7H3,(H,38,41)/t18?,19?,20-,23-,25?,30-,31+,32+/m0/s1. The Balaban J connectivity index is 1.65. The molecule has 0 aromatic heterocycles. The van der Waals surface area contributed by atoms with Gasteiger partial charge in [-0.05, 0) is 78.6 Å². The zero-order chi connectivity index (χ0) is 30.6. The maximum atomic E-state index is 14.4. The lowest BCUT2D eigenvalue weighted by molar-refractivity contribution is -0.172. The van der Waals surface area contributed by atoms with Crippen molar-refractivity contribution in [1.82, 2.24) is 5.32 Å². The molecule has 0 heterocycles. The van der Waals surface area contributed by atoms with Gasteiger partial charge in [-0.3, -0.25) is 9.59 Å². The molecule has 5 aliphatic rings. The van der Waals surface area contributed by atoms with Crippen LogP contribution in [0, 0.1) is 63.2 Å². The van der Waals surface area contributed by atoms with Crippen LogP contribution in [0.5, 0.6) is 0 Å². The van der Waals surface area contributed by atoms with Crippen LogP contribution in [-0.2, 0) is 14.4 Å². The molecular formula is C33H43F3N2O3. The van der Waals surface area contributed by atoms with Gasteiger partial charge in [0.1, 0.15) is 6.54 Å². The molecule has 0 saturated heterocycles. The smallest absolute Gasteiger partial charge is 0.347 e. The molecule has 3 fully saturated rings. The molecule has 3 saturated carbocycles. The summed E-state index contributed by atoms with van der Waals surface area (Å²) >= 11 is 0. The molecule has 224 valence electrons. The van der Waals surface area contributed by atoms with E-state index < -0.39 is 46.2 Å². The van der Waals surface area contributed by atoms with Gasteiger partial charge in [0, 0.05) is 22.7 Å². The van der Waals surface area contributed by atoms with Crippen LogP contribution in [0.4, 0.5) is 13.2 Å². The SMILES string of the molecule is [C-]#[N+]C1=C[C@]2(C)C3=CC(=O)C4C5CC(C)(C)CCC5[C@@H](C(=O)NCC(F)(F)F)C[C@@]4(C)[C@]3(C)CC[C@H]2C(C)(C)C1=O. The third-order valence-electron chi connectivity index (χ3n) is 12.5. The maximum absolute atomic E-state index is 14.4. The van der Waals surface area contributed by atoms with E-state index in [0.29, 0.717) is 25.7 Å². The zero-order valence-corrected chi connectivity index (χ0v) is 25.3. The van der Waals surface area contributed by atoms with Crippen LogP contribution in [0.25, 0.3) is 4.85 Å². The number of hydrogen-bond acceptors (Lipinski definition) is 3. The zero-order valence-electron chi connectivity index (χ0n) is 25.3. The molecule has 5 rings (SSSR count). The summed E-state index contributed by atoms with van der Waals surface area (Å²) in [7, 11) is 0. The van der Waals surface area contributed by atoms with Crippen LogP contribution < -0.4 is 5.32 Å². The summed E-state index contributed by atoms with van der Waals surface area (Å²) in [4.78, 5) is 44.7. The predicted molar refractivity (Wildman–Crippen MR) is 149 cm³/mol. The highest BCUT2D eigenvalue weighted by molar-refractivity contribution is 6.03. The minimum Gasteiger partial charge on any atom is -0.347 e. The van der Waals surface area contributed by atoms with E-state index in [1.165, 1.54) is 0 Å². The van der Waals surface area contributed by atoms with E-state index in [4.69, 9.17) is 6.57 Å². The molecule has 8 heteroatoms. The lowest BCUT2D eigenvalue weighted by atomic mass is 9.35. The normalized spacial score (nSPS) is 42.8. The summed E-state index contributed by atoms with van der Waals surface area (Å²) in [5.41, 5.74) is -1.72. The van der Waals surface area contributed by atoms with Crippen LogP contribution in [0.1, 0.15) is 87.0 Å². The van der Waals surface area contributed by atoms with Crippen molar-refractivity contribution in [2.45, 2.75) is 93.2 Å². The largest absolute Gasteiger partial charge is 0.405 e. The van der Waals surface area contributed by atoms with Gasteiger partial charge in [-0.1, -0.05) is 60.1 Å². The second-order valence-corrected chi connectivity index (χ2v) is 15.6. The van der Waals surface area contributed by atoms with Crippen LogP contribution in [-0.4, -0.2) is 30.2 Å². The molecule has 0 aromatic carbocycles. The minimum absolute atomic E-state index is 0.0242. The van der Waals surface area contributed by atoms with Crippen molar-refractivity contribution in [1.29, 1.82) is 0 Å². The number of nitrogens with one attached hydrogen (secondary N) is 1. The number of amides is 1. The van der Waals surface area contributed by atoms with E-state index in [2.05, 4.69) is 37.9 Å². The fourth-order valence-electron chi connectivity index (χ4n) is 10.4. The maximum Gasteiger partial charge on any atom is 0.405 e. The summed E-state index contributed by atoms with van der Waals surface area (Å²) in [5.74, 6) is -2.02. The molecule has 8 atom stereocenters. The Morgan fingerprint density at radius 2 is 1.68 bits per heavy atom. The molecule has 1 N–H and O–H groups in total. The molecule has 0 radical (unpaired) electrons. The third-order valence-corrected chi connectivity index (χ3v) is 12.5. The number of halogens is 3. The van der Waals surface area contributed by atoms with Crippen LogP contribution in [0.2, 0.25) is 0 Å². The summed E-state index contributed by atoms with van der Waals surface area (Å²) in [6, 6.07) is 0. The number of carbonyl (C=O) groups is 3. The first-order valence-corrected chi connectivity index (χ1v) is 15.0. The van der Waals surface area contributed by atoms with E-state index in [-0.39, 0.29) is 46.4 Å². The third kappa shape index (κ3) is 4.27. The highest BCUT2D eigenvalue weighted by Gasteiger charge is 2.69. The Morgan fingerprint density at radius 1 is 1.02 bits per heavy atom. The van der Waals surface area contributed by atoms with Gasteiger partial charge in [0.25, 0.3) is 0 Å². The van der Waals surface area contributed by atoms with Crippen molar-refractivity contribution >= 4 is 17.5 Å². The van der Waals surface area contributed by atoms with Gasteiger partial charge in [0.05, 0.1) is 6.57 Å². The number of fused-ring (bicyclic) bond motifs is 7. The van der Waals surface area contributed by atoms with Crippen molar-refractivity contribution in [3.8, 4) is 0 Å². The Labute approximate surface area is 241 Å². The van der Waals surface area contributed by atoms with Crippen molar-refractivity contribution in [2.24, 2.45) is 56.7 Å². The molecular weight excluding hydrogens is 529 g/mol. The highest BCUT2D eigenvalue weighted by Crippen LogP contribution is 2.73. The first kappa shape index (κ1) is 30.0. The average Bonchev–Trinajstić information content (AvgIpc) is 2.84. The first-order valence-electron chi connectivity index (χ1n) is 15.0. The second-order valence-electron chi connectivity index (χ2n) is 15.6. The van der Waals surface area contributed by atoms with E-state index in [0.717, 1.165) is 18.4 Å². The van der Waals surface area contributed by atoms with E-state index in [1.807, 2.05) is 26.8 Å². The average molecular weight is 573 g/mol. The van der Waals surface area contributed by atoms with Gasteiger partial charge in [0.15, 0.2) is 11.6 Å². The minimum atomic E-state index is -4.50. The van der Waals surface area contributed by atoms with Gasteiger partial charge in [-0.2, -0.15) is 13.2 Å². The second kappa shape index (κ2) is 9.04. The number of rotatable bonds is 2. The summed E-state index contributed by atoms with van der Waals surface area (Å²) in [6.07, 6.45) is 3.16. The summed E-state index contributed by atoms with van der Waals surface area (Å²) < 4.78 is 39.4. The summed E-state index contributed by atoms with van der Waals surface area (Å²) in [5, 5.41) is 2.19. The molecule has 5 aliphatic carbocycles. The molecule has 0 spiro atoms. The Morgan fingerprint density at radius 3 is 2.29 bits per heavy atom. The molecule has 0 bridgehead atoms. The van der Waals surface area contributed by atoms with Crippen LogP contribution in [0.15, 0.2) is 23.4 Å². The molecule has 5 nitrogen and oxygen atoms in total. The van der Waals surface area contributed by atoms with Gasteiger partial charge < -0.3 is 10.1 Å². The lowest BCUT2D eigenvalue weighted by Gasteiger charge is -2.68. The molecule has 41 heavy (non-hydrogen) atoms. The molecule has 0 aliphatic heterocycles. The first-order chi connectivity index (χ1) is 18.7. The topological polar surface area (TPSA) is 67.6 Å². The van der Waals surface area contributed by atoms with Crippen molar-refractivity contribution in [3.05, 3.63) is 34.8 Å². The Bertz CT molecular complexity index is 1300. The Hall–Kier alpha value is -2.43. The van der Waals surface area contributed by atoms with E-state index >= 15 is 0 Å². The van der Waals surface area contributed by atoms with Crippen molar-refractivity contribution in [2.75, 3.05) is 6.54 Å². The quantitative estimate of drug-likeness (QED) is 0.359. The number of alkyl halides is 3. The number of allylic oxidation sites excluding steroid dienone is 4. The number of nitrogens with zero attached hydrogens (tertiary/aromatic N) is 1. The highest BCUT2D eigenvalue weighted by atomic mass is 19.4. The summed E-state index contributed by atoms with van der Waals surface area (Å²) in [6.45, 7) is 20.8. The monoisotopic (exact) mass is 572 g/mol. The van der Waals surface area contributed by atoms with Gasteiger partial charge >= 0.3 is 6.18 Å². The number of Topliss-reactive ketones (excluding diaryl/α,β-unsaturated/α-hetero) is 1. The van der Waals surface area contributed by atoms with Crippen LogP contribution in [0.3, 0.4) is 0 Å². The number of hydrogen-bond donors (Lipinski definition) is 1. The fraction of sp³-hybridized carbons (Fsp3) is 0.758. The fourth-order valence-corrected chi connectivity index (χ4v) is 10.4.